The van der Waals surface area contributed by atoms with E-state index in [9.17, 15) is 0 Å². The van der Waals surface area contributed by atoms with E-state index in [1.165, 1.54) is 0 Å². The van der Waals surface area contributed by atoms with Gasteiger partial charge < -0.3 is 25.3 Å². The van der Waals surface area contributed by atoms with E-state index in [1.807, 2.05) is 42.5 Å². The summed E-state index contributed by atoms with van der Waals surface area (Å²) in [7, 11) is 4.91. The van der Waals surface area contributed by atoms with Gasteiger partial charge in [-0.25, -0.2) is 0 Å². The number of methoxy groups -OCH3 is 3. The Bertz CT molecular complexity index is 702. The lowest BCUT2D eigenvalue weighted by molar-refractivity contribution is 0.399. The molecule has 128 valence electrons. The van der Waals surface area contributed by atoms with Crippen LogP contribution in [-0.4, -0.2) is 33.8 Å². The zero-order chi connectivity index (χ0) is 17.4. The summed E-state index contributed by atoms with van der Waals surface area (Å²) in [5.41, 5.74) is 7.78. The second-order valence-corrected chi connectivity index (χ2v) is 5.05. The van der Waals surface area contributed by atoms with E-state index >= 15 is 0 Å². The summed E-state index contributed by atoms with van der Waals surface area (Å²) in [6.07, 6.45) is 0.695. The molecule has 0 heterocycles. The van der Waals surface area contributed by atoms with E-state index in [1.54, 1.807) is 21.3 Å². The minimum absolute atomic E-state index is 0.352. The van der Waals surface area contributed by atoms with Gasteiger partial charge in [0, 0.05) is 18.3 Å². The van der Waals surface area contributed by atoms with Crippen molar-refractivity contribution in [3.05, 3.63) is 48.0 Å². The number of nitrogens with one attached hydrogen (secondary N) is 1. The molecular weight excluding hydrogens is 306 g/mol. The Kier molecular flexibility index (Phi) is 6.31. The van der Waals surface area contributed by atoms with Crippen molar-refractivity contribution in [3.8, 4) is 17.2 Å². The van der Waals surface area contributed by atoms with Gasteiger partial charge >= 0.3 is 0 Å². The van der Waals surface area contributed by atoms with E-state index in [2.05, 4.69) is 10.3 Å². The normalized spacial score (nSPS) is 11.0. The molecule has 24 heavy (non-hydrogen) atoms. The summed E-state index contributed by atoms with van der Waals surface area (Å²) < 4.78 is 15.8. The third kappa shape index (κ3) is 4.81. The third-order valence-electron chi connectivity index (χ3n) is 3.49. The lowest BCUT2D eigenvalue weighted by Gasteiger charge is -2.10. The third-order valence-corrected chi connectivity index (χ3v) is 3.49. The Hall–Kier alpha value is -2.89. The summed E-state index contributed by atoms with van der Waals surface area (Å²) in [6.45, 7) is 0.534. The zero-order valence-corrected chi connectivity index (χ0v) is 14.2. The highest BCUT2D eigenvalue weighted by Gasteiger charge is 2.05. The summed E-state index contributed by atoms with van der Waals surface area (Å²) in [6, 6.07) is 13.2. The van der Waals surface area contributed by atoms with Crippen LogP contribution < -0.4 is 25.3 Å². The minimum Gasteiger partial charge on any atom is -0.497 e. The molecule has 0 aliphatic carbocycles. The first-order valence-corrected chi connectivity index (χ1v) is 7.58. The van der Waals surface area contributed by atoms with E-state index < -0.39 is 0 Å². The average molecular weight is 329 g/mol. The number of ether oxygens (including phenoxy) is 3. The van der Waals surface area contributed by atoms with Gasteiger partial charge in [0.05, 0.1) is 21.3 Å². The maximum Gasteiger partial charge on any atom is 0.193 e. The van der Waals surface area contributed by atoms with Gasteiger partial charge in [0.15, 0.2) is 5.96 Å². The van der Waals surface area contributed by atoms with Crippen LogP contribution in [0.5, 0.6) is 17.2 Å². The smallest absolute Gasteiger partial charge is 0.193 e. The summed E-state index contributed by atoms with van der Waals surface area (Å²) >= 11 is 0. The van der Waals surface area contributed by atoms with Crippen molar-refractivity contribution in [1.82, 2.24) is 0 Å². The lowest BCUT2D eigenvalue weighted by Crippen LogP contribution is -2.23. The van der Waals surface area contributed by atoms with Crippen molar-refractivity contribution in [3.63, 3.8) is 0 Å². The molecule has 0 bridgehead atoms. The maximum atomic E-state index is 5.93. The molecular formula is C18H23N3O3. The number of nitrogens with zero attached hydrogens (tertiary/aromatic N) is 1. The van der Waals surface area contributed by atoms with Gasteiger partial charge in [0.1, 0.15) is 17.2 Å². The van der Waals surface area contributed by atoms with Crippen LogP contribution in [0.1, 0.15) is 5.56 Å². The van der Waals surface area contributed by atoms with Crippen LogP contribution in [0.3, 0.4) is 0 Å². The average Bonchev–Trinajstić information content (AvgIpc) is 2.61. The van der Waals surface area contributed by atoms with E-state index in [4.69, 9.17) is 19.9 Å². The Balaban J connectivity index is 1.97. The van der Waals surface area contributed by atoms with Crippen LogP contribution in [0.25, 0.3) is 0 Å². The fourth-order valence-corrected chi connectivity index (χ4v) is 2.26. The first-order valence-electron chi connectivity index (χ1n) is 7.58. The number of nitrogens with two attached hydrogens (primary N) is 1. The van der Waals surface area contributed by atoms with E-state index in [0.717, 1.165) is 28.5 Å². The van der Waals surface area contributed by atoms with E-state index in [0.29, 0.717) is 18.9 Å². The van der Waals surface area contributed by atoms with Crippen LogP contribution in [0.2, 0.25) is 0 Å². The molecule has 0 spiro atoms. The van der Waals surface area contributed by atoms with Crippen molar-refractivity contribution >= 4 is 11.6 Å². The highest BCUT2D eigenvalue weighted by atomic mass is 16.5. The highest BCUT2D eigenvalue weighted by Crippen LogP contribution is 2.24. The monoisotopic (exact) mass is 329 g/mol. The van der Waals surface area contributed by atoms with Crippen molar-refractivity contribution in [2.45, 2.75) is 6.42 Å². The first kappa shape index (κ1) is 17.5. The van der Waals surface area contributed by atoms with Crippen molar-refractivity contribution in [1.29, 1.82) is 0 Å². The van der Waals surface area contributed by atoms with Crippen LogP contribution in [0, 0.1) is 0 Å². The van der Waals surface area contributed by atoms with Crippen molar-refractivity contribution in [2.75, 3.05) is 33.2 Å². The standard InChI is InChI=1S/C18H23N3O3/c1-22-15-6-4-5-14(12-15)21-18(19)20-10-9-13-11-16(23-2)7-8-17(13)24-3/h4-8,11-12H,9-10H2,1-3H3,(H3,19,20,21). The molecule has 0 fully saturated rings. The number of hydrogen-bond donors (Lipinski definition) is 2. The Morgan fingerprint density at radius 2 is 1.75 bits per heavy atom. The highest BCUT2D eigenvalue weighted by molar-refractivity contribution is 5.92. The van der Waals surface area contributed by atoms with Crippen molar-refractivity contribution in [2.24, 2.45) is 10.7 Å². The number of benzene rings is 2. The largest absolute Gasteiger partial charge is 0.497 e. The number of hydrogen-bond acceptors (Lipinski definition) is 4. The zero-order valence-electron chi connectivity index (χ0n) is 14.2. The van der Waals surface area contributed by atoms with Crippen LogP contribution in [-0.2, 0) is 6.42 Å². The number of guanidine groups is 1. The van der Waals surface area contributed by atoms with Gasteiger partial charge in [0.25, 0.3) is 0 Å². The van der Waals surface area contributed by atoms with Crippen molar-refractivity contribution < 1.29 is 14.2 Å². The maximum absolute atomic E-state index is 5.93. The van der Waals surface area contributed by atoms with Gasteiger partial charge in [-0.3, -0.25) is 4.99 Å². The lowest BCUT2D eigenvalue weighted by atomic mass is 10.1. The van der Waals surface area contributed by atoms with Gasteiger partial charge in [0.2, 0.25) is 0 Å². The molecule has 2 aromatic carbocycles. The topological polar surface area (TPSA) is 78.1 Å². The Morgan fingerprint density at radius 3 is 2.46 bits per heavy atom. The number of aliphatic imine (C=N–C) groups is 1. The van der Waals surface area contributed by atoms with Gasteiger partial charge in [-0.05, 0) is 42.3 Å². The summed E-state index contributed by atoms with van der Waals surface area (Å²) in [4.78, 5) is 4.35. The molecule has 6 nitrogen and oxygen atoms in total. The molecule has 6 heteroatoms. The molecule has 0 atom stereocenters. The summed E-state index contributed by atoms with van der Waals surface area (Å²) in [5.74, 6) is 2.71. The molecule has 0 amide bonds. The number of rotatable bonds is 7. The number of anilines is 1. The van der Waals surface area contributed by atoms with Gasteiger partial charge in [-0.15, -0.1) is 0 Å². The molecule has 2 aromatic rings. The molecule has 0 saturated heterocycles. The molecule has 0 aliphatic rings. The quantitative estimate of drug-likeness (QED) is 0.603. The first-order chi connectivity index (χ1) is 11.7. The van der Waals surface area contributed by atoms with E-state index in [-0.39, 0.29) is 0 Å². The van der Waals surface area contributed by atoms with Gasteiger partial charge in [-0.1, -0.05) is 6.07 Å². The molecule has 0 aliphatic heterocycles. The Morgan fingerprint density at radius 1 is 1.00 bits per heavy atom. The summed E-state index contributed by atoms with van der Waals surface area (Å²) in [5, 5.41) is 3.05. The molecule has 0 unspecified atom stereocenters. The fourth-order valence-electron chi connectivity index (χ4n) is 2.26. The SMILES string of the molecule is COc1cccc(NC(N)=NCCc2cc(OC)ccc2OC)c1. The van der Waals surface area contributed by atoms with Crippen LogP contribution in [0.4, 0.5) is 5.69 Å². The Labute approximate surface area is 142 Å². The molecule has 0 aromatic heterocycles. The molecule has 2 rings (SSSR count). The van der Waals surface area contributed by atoms with Gasteiger partial charge in [-0.2, -0.15) is 0 Å². The molecule has 3 N–H and O–H groups in total. The second-order valence-electron chi connectivity index (χ2n) is 5.05. The molecule has 0 radical (unpaired) electrons. The minimum atomic E-state index is 0.352. The predicted molar refractivity (Wildman–Crippen MR) is 96.4 cm³/mol. The molecule has 0 saturated carbocycles. The fraction of sp³-hybridized carbons (Fsp3) is 0.278. The second kappa shape index (κ2) is 8.67. The van der Waals surface area contributed by atoms with Crippen LogP contribution in [0.15, 0.2) is 47.5 Å². The predicted octanol–water partition coefficient (Wildman–Crippen LogP) is 2.68. The van der Waals surface area contributed by atoms with Crippen LogP contribution >= 0.6 is 0 Å².